The number of rotatable bonds is 4. The first-order chi connectivity index (χ1) is 4.95. The number of hydrogen-bond acceptors (Lipinski definition) is 2. The van der Waals surface area contributed by atoms with Gasteiger partial charge in [0.05, 0.1) is 17.0 Å². The lowest BCUT2D eigenvalue weighted by Crippen LogP contribution is -2.41. The summed E-state index contributed by atoms with van der Waals surface area (Å²) in [5.41, 5.74) is 4.95. The first kappa shape index (κ1) is 10.6. The fourth-order valence-corrected chi connectivity index (χ4v) is 1.11. The van der Waals surface area contributed by atoms with Crippen molar-refractivity contribution < 1.29 is 9.00 Å². The van der Waals surface area contributed by atoms with Gasteiger partial charge < -0.3 is 5.73 Å². The summed E-state index contributed by atoms with van der Waals surface area (Å²) >= 11 is 0. The SMILES string of the molecule is CC(NS(=O)C(C)C)C(N)=O. The molecule has 4 nitrogen and oxygen atoms in total. The molecule has 5 heteroatoms. The smallest absolute Gasteiger partial charge is 0.235 e. The number of carbonyl (C=O) groups excluding carboxylic acids is 1. The minimum atomic E-state index is -1.17. The van der Waals surface area contributed by atoms with Gasteiger partial charge in [-0.25, -0.2) is 8.93 Å². The molecule has 1 amide bonds. The third-order valence-electron chi connectivity index (χ3n) is 1.15. The van der Waals surface area contributed by atoms with Crippen LogP contribution in [0, 0.1) is 0 Å². The molecule has 0 fully saturated rings. The second-order valence-electron chi connectivity index (χ2n) is 2.59. The van der Waals surface area contributed by atoms with E-state index in [2.05, 4.69) is 4.72 Å². The van der Waals surface area contributed by atoms with Crippen molar-refractivity contribution in [1.29, 1.82) is 0 Å². The highest BCUT2D eigenvalue weighted by Crippen LogP contribution is 1.91. The molecule has 0 aromatic heterocycles. The molecule has 0 bridgehead atoms. The van der Waals surface area contributed by atoms with Gasteiger partial charge in [0.15, 0.2) is 0 Å². The summed E-state index contributed by atoms with van der Waals surface area (Å²) in [6.07, 6.45) is 0. The Balaban J connectivity index is 3.85. The van der Waals surface area contributed by atoms with E-state index < -0.39 is 22.9 Å². The third-order valence-corrected chi connectivity index (χ3v) is 2.59. The van der Waals surface area contributed by atoms with Crippen LogP contribution in [0.1, 0.15) is 20.8 Å². The highest BCUT2D eigenvalue weighted by atomic mass is 32.2. The number of carbonyl (C=O) groups is 1. The molecule has 0 saturated heterocycles. The lowest BCUT2D eigenvalue weighted by Gasteiger charge is -2.10. The Morgan fingerprint density at radius 1 is 1.45 bits per heavy atom. The maximum absolute atomic E-state index is 11.0. The maximum atomic E-state index is 11.0. The van der Waals surface area contributed by atoms with Crippen molar-refractivity contribution in [3.63, 3.8) is 0 Å². The van der Waals surface area contributed by atoms with Crippen LogP contribution in [-0.2, 0) is 15.8 Å². The standard InChI is InChI=1S/C6H14N2O2S/c1-4(2)11(10)8-5(3)6(7)9/h4-5,8H,1-3H3,(H2,7,9). The second kappa shape index (κ2) is 4.46. The number of amides is 1. The zero-order valence-corrected chi connectivity index (χ0v) is 7.77. The Kier molecular flexibility index (Phi) is 4.29. The van der Waals surface area contributed by atoms with E-state index in [0.29, 0.717) is 0 Å². The zero-order chi connectivity index (χ0) is 9.02. The van der Waals surface area contributed by atoms with E-state index in [-0.39, 0.29) is 5.25 Å². The summed E-state index contributed by atoms with van der Waals surface area (Å²) in [6, 6.07) is -0.529. The quantitative estimate of drug-likeness (QED) is 0.610. The molecule has 0 aromatic rings. The number of primary amides is 1. The first-order valence-electron chi connectivity index (χ1n) is 3.41. The average molecular weight is 178 g/mol. The fraction of sp³-hybridized carbons (Fsp3) is 0.833. The zero-order valence-electron chi connectivity index (χ0n) is 6.96. The minimum Gasteiger partial charge on any atom is -0.368 e. The van der Waals surface area contributed by atoms with Gasteiger partial charge in [0.2, 0.25) is 5.91 Å². The van der Waals surface area contributed by atoms with E-state index in [9.17, 15) is 9.00 Å². The molecule has 11 heavy (non-hydrogen) atoms. The number of nitrogens with two attached hydrogens (primary N) is 1. The van der Waals surface area contributed by atoms with Crippen molar-refractivity contribution in [1.82, 2.24) is 4.72 Å². The van der Waals surface area contributed by atoms with Crippen molar-refractivity contribution in [3.8, 4) is 0 Å². The van der Waals surface area contributed by atoms with Crippen LogP contribution in [0.15, 0.2) is 0 Å². The fourth-order valence-electron chi connectivity index (χ4n) is 0.368. The predicted octanol–water partition coefficient (Wildman–Crippen LogP) is -0.478. The van der Waals surface area contributed by atoms with E-state index in [4.69, 9.17) is 5.73 Å². The van der Waals surface area contributed by atoms with E-state index in [1.165, 1.54) is 0 Å². The Bertz CT molecular complexity index is 170. The van der Waals surface area contributed by atoms with Gasteiger partial charge in [-0.1, -0.05) is 0 Å². The van der Waals surface area contributed by atoms with Crippen LogP contribution in [0.2, 0.25) is 0 Å². The highest BCUT2D eigenvalue weighted by molar-refractivity contribution is 7.83. The van der Waals surface area contributed by atoms with Crippen molar-refractivity contribution in [2.75, 3.05) is 0 Å². The molecule has 3 N–H and O–H groups in total. The van der Waals surface area contributed by atoms with Gasteiger partial charge in [-0.3, -0.25) is 4.79 Å². The molecular weight excluding hydrogens is 164 g/mol. The summed E-state index contributed by atoms with van der Waals surface area (Å²) in [4.78, 5) is 10.5. The molecule has 0 rings (SSSR count). The average Bonchev–Trinajstić information content (AvgIpc) is 1.87. The highest BCUT2D eigenvalue weighted by Gasteiger charge is 2.13. The van der Waals surface area contributed by atoms with Crippen molar-refractivity contribution in [2.24, 2.45) is 5.73 Å². The molecule has 0 saturated carbocycles. The first-order valence-corrected chi connectivity index (χ1v) is 4.62. The molecule has 66 valence electrons. The summed E-state index contributed by atoms with van der Waals surface area (Å²) in [5, 5.41) is -0.00296. The van der Waals surface area contributed by atoms with Gasteiger partial charge in [0.1, 0.15) is 0 Å². The summed E-state index contributed by atoms with van der Waals surface area (Å²) in [5.74, 6) is -0.487. The predicted molar refractivity (Wildman–Crippen MR) is 45.1 cm³/mol. The Morgan fingerprint density at radius 2 is 1.91 bits per heavy atom. The van der Waals surface area contributed by atoms with Gasteiger partial charge >= 0.3 is 0 Å². The Labute approximate surface area is 69.1 Å². The molecule has 0 heterocycles. The van der Waals surface area contributed by atoms with Crippen LogP contribution >= 0.6 is 0 Å². The second-order valence-corrected chi connectivity index (χ2v) is 4.36. The van der Waals surface area contributed by atoms with Crippen LogP contribution in [0.5, 0.6) is 0 Å². The van der Waals surface area contributed by atoms with Crippen molar-refractivity contribution in [3.05, 3.63) is 0 Å². The summed E-state index contributed by atoms with van der Waals surface area (Å²) in [6.45, 7) is 5.19. The van der Waals surface area contributed by atoms with E-state index >= 15 is 0 Å². The Hall–Kier alpha value is -0.420. The largest absolute Gasteiger partial charge is 0.368 e. The van der Waals surface area contributed by atoms with Crippen molar-refractivity contribution >= 4 is 16.9 Å². The molecule has 0 radical (unpaired) electrons. The third kappa shape index (κ3) is 4.10. The molecule has 0 spiro atoms. The normalized spacial score (nSPS) is 16.4. The monoisotopic (exact) mass is 178 g/mol. The van der Waals surface area contributed by atoms with Crippen LogP contribution in [0.3, 0.4) is 0 Å². The summed E-state index contributed by atoms with van der Waals surface area (Å²) < 4.78 is 13.6. The van der Waals surface area contributed by atoms with Gasteiger partial charge in [-0.05, 0) is 20.8 Å². The maximum Gasteiger partial charge on any atom is 0.235 e. The molecule has 2 unspecified atom stereocenters. The Morgan fingerprint density at radius 3 is 2.18 bits per heavy atom. The van der Waals surface area contributed by atoms with Crippen LogP contribution in [0.25, 0.3) is 0 Å². The van der Waals surface area contributed by atoms with Crippen LogP contribution in [-0.4, -0.2) is 21.4 Å². The lowest BCUT2D eigenvalue weighted by atomic mass is 10.4. The van der Waals surface area contributed by atoms with Crippen LogP contribution < -0.4 is 10.5 Å². The molecule has 0 aliphatic heterocycles. The van der Waals surface area contributed by atoms with Gasteiger partial charge in [0.25, 0.3) is 0 Å². The topological polar surface area (TPSA) is 72.2 Å². The van der Waals surface area contributed by atoms with E-state index in [1.54, 1.807) is 20.8 Å². The van der Waals surface area contributed by atoms with E-state index in [0.717, 1.165) is 0 Å². The van der Waals surface area contributed by atoms with Gasteiger partial charge in [-0.15, -0.1) is 0 Å². The number of nitrogens with one attached hydrogen (secondary N) is 1. The van der Waals surface area contributed by atoms with Crippen LogP contribution in [0.4, 0.5) is 0 Å². The molecular formula is C6H14N2O2S. The van der Waals surface area contributed by atoms with E-state index in [1.807, 2.05) is 0 Å². The summed E-state index contributed by atoms with van der Waals surface area (Å²) in [7, 11) is -1.17. The van der Waals surface area contributed by atoms with Crippen molar-refractivity contribution in [2.45, 2.75) is 32.1 Å². The lowest BCUT2D eigenvalue weighted by molar-refractivity contribution is -0.119. The molecule has 0 aliphatic rings. The molecule has 0 aliphatic carbocycles. The molecule has 2 atom stereocenters. The number of hydrogen-bond donors (Lipinski definition) is 2. The minimum absolute atomic E-state index is 0.00296. The van der Waals surface area contributed by atoms with Gasteiger partial charge in [-0.2, -0.15) is 0 Å². The molecule has 0 aromatic carbocycles. The van der Waals surface area contributed by atoms with Gasteiger partial charge in [0, 0.05) is 5.25 Å².